The summed E-state index contributed by atoms with van der Waals surface area (Å²) in [6, 6.07) is 4.64. The smallest absolute Gasteiger partial charge is 0.283 e. The first-order chi connectivity index (χ1) is 19.5. The second-order valence-electron chi connectivity index (χ2n) is 11.6. The highest BCUT2D eigenvalue weighted by atomic mass is 19.3. The lowest BCUT2D eigenvalue weighted by molar-refractivity contribution is -0.0869. The van der Waals surface area contributed by atoms with Crippen molar-refractivity contribution in [3.63, 3.8) is 0 Å². The highest BCUT2D eigenvalue weighted by Gasteiger charge is 2.43. The third-order valence-corrected chi connectivity index (χ3v) is 8.52. The van der Waals surface area contributed by atoms with Gasteiger partial charge in [-0.25, -0.2) is 22.0 Å². The highest BCUT2D eigenvalue weighted by Crippen LogP contribution is 2.44. The summed E-state index contributed by atoms with van der Waals surface area (Å²) in [6.07, 6.45) is 1.48. The molecule has 3 aromatic rings. The molecule has 5 rings (SSSR count). The molecule has 0 amide bonds. The van der Waals surface area contributed by atoms with E-state index in [4.69, 9.17) is 0 Å². The predicted octanol–water partition coefficient (Wildman–Crippen LogP) is 6.03. The topological polar surface area (TPSA) is 54.5 Å². The number of nitrogens with zero attached hydrogens (tertiary/aromatic N) is 2. The third kappa shape index (κ3) is 6.08. The molecule has 1 aromatic heterocycles. The molecule has 41 heavy (non-hydrogen) atoms. The molecule has 1 unspecified atom stereocenters. The summed E-state index contributed by atoms with van der Waals surface area (Å²) >= 11 is 0. The van der Waals surface area contributed by atoms with Crippen LogP contribution in [0.15, 0.2) is 30.3 Å². The van der Waals surface area contributed by atoms with Crippen LogP contribution in [0.25, 0.3) is 10.9 Å². The molecule has 11 heteroatoms. The Morgan fingerprint density at radius 3 is 2.49 bits per heavy atom. The van der Waals surface area contributed by atoms with Crippen molar-refractivity contribution in [2.24, 2.45) is 5.92 Å². The molecule has 0 aliphatic carbocycles. The highest BCUT2D eigenvalue weighted by molar-refractivity contribution is 5.85. The minimum atomic E-state index is -3.51. The number of aromatic amines is 1. The SMILES string of the molecule is CC1CN(CCCF)CC[C@@H]1Nc1cc(F)c([C@@H]2c3[nH]c4cc(F)ccc4c3C[C@@H](C)N2CC(F)(F)CO)c(F)c1. The molecule has 3 N–H and O–H groups in total. The lowest BCUT2D eigenvalue weighted by atomic mass is 9.87. The molecule has 0 radical (unpaired) electrons. The number of nitrogens with one attached hydrogen (secondary N) is 2. The van der Waals surface area contributed by atoms with E-state index in [1.54, 1.807) is 13.0 Å². The summed E-state index contributed by atoms with van der Waals surface area (Å²) in [5, 5.41) is 13.2. The van der Waals surface area contributed by atoms with E-state index >= 15 is 8.78 Å². The van der Waals surface area contributed by atoms with Gasteiger partial charge >= 0.3 is 0 Å². The summed E-state index contributed by atoms with van der Waals surface area (Å²) < 4.78 is 87.5. The zero-order valence-corrected chi connectivity index (χ0v) is 23.2. The molecule has 4 atom stereocenters. The average Bonchev–Trinajstić information content (AvgIpc) is 3.26. The molecule has 2 aromatic carbocycles. The van der Waals surface area contributed by atoms with Gasteiger partial charge in [0.15, 0.2) is 0 Å². The zero-order chi connectivity index (χ0) is 29.5. The number of benzene rings is 2. The lowest BCUT2D eigenvalue weighted by Gasteiger charge is -2.42. The maximum atomic E-state index is 15.9. The Labute approximate surface area is 235 Å². The fraction of sp³-hybridized carbons (Fsp3) is 0.533. The molecule has 5 nitrogen and oxygen atoms in total. The van der Waals surface area contributed by atoms with Gasteiger partial charge in [0.1, 0.15) is 24.1 Å². The Balaban J connectivity index is 1.50. The summed E-state index contributed by atoms with van der Waals surface area (Å²) in [7, 11) is 0. The number of alkyl halides is 3. The molecule has 0 bridgehead atoms. The molecule has 0 saturated carbocycles. The number of fused-ring (bicyclic) bond motifs is 3. The van der Waals surface area contributed by atoms with E-state index in [0.717, 1.165) is 19.5 Å². The largest absolute Gasteiger partial charge is 0.390 e. The molecule has 224 valence electrons. The number of anilines is 1. The quantitative estimate of drug-likeness (QED) is 0.270. The van der Waals surface area contributed by atoms with Crippen LogP contribution in [-0.4, -0.2) is 77.4 Å². The van der Waals surface area contributed by atoms with E-state index < -0.39 is 54.2 Å². The van der Waals surface area contributed by atoms with Crippen molar-refractivity contribution >= 4 is 16.6 Å². The van der Waals surface area contributed by atoms with Crippen LogP contribution in [0.5, 0.6) is 0 Å². The van der Waals surface area contributed by atoms with Gasteiger partial charge in [0.05, 0.1) is 19.3 Å². The van der Waals surface area contributed by atoms with E-state index in [0.29, 0.717) is 41.5 Å². The van der Waals surface area contributed by atoms with Gasteiger partial charge in [-0.3, -0.25) is 9.29 Å². The van der Waals surface area contributed by atoms with Gasteiger partial charge in [0, 0.05) is 59.6 Å². The molecule has 2 aliphatic rings. The Morgan fingerprint density at radius 1 is 1.10 bits per heavy atom. The van der Waals surface area contributed by atoms with Crippen molar-refractivity contribution in [1.82, 2.24) is 14.8 Å². The van der Waals surface area contributed by atoms with Crippen LogP contribution in [0.4, 0.5) is 32.0 Å². The van der Waals surface area contributed by atoms with Crippen molar-refractivity contribution in [1.29, 1.82) is 0 Å². The van der Waals surface area contributed by atoms with Gasteiger partial charge < -0.3 is 20.3 Å². The Morgan fingerprint density at radius 2 is 1.83 bits per heavy atom. The van der Waals surface area contributed by atoms with Gasteiger partial charge in [0.2, 0.25) is 0 Å². The van der Waals surface area contributed by atoms with E-state index in [1.165, 1.54) is 29.2 Å². The first-order valence-corrected chi connectivity index (χ1v) is 14.1. The van der Waals surface area contributed by atoms with Gasteiger partial charge in [-0.2, -0.15) is 0 Å². The van der Waals surface area contributed by atoms with E-state index in [9.17, 15) is 22.7 Å². The number of aromatic nitrogens is 1. The van der Waals surface area contributed by atoms with Crippen molar-refractivity contribution in [2.75, 3.05) is 44.8 Å². The maximum absolute atomic E-state index is 15.9. The normalized spacial score (nSPS) is 24.1. The first kappa shape index (κ1) is 29.7. The Hall–Kier alpha value is -2.76. The van der Waals surface area contributed by atoms with Gasteiger partial charge in [-0.15, -0.1) is 0 Å². The number of rotatable bonds is 9. The summed E-state index contributed by atoms with van der Waals surface area (Å²) in [5.41, 5.74) is 1.28. The number of likely N-dealkylation sites (tertiary alicyclic amines) is 1. The summed E-state index contributed by atoms with van der Waals surface area (Å²) in [6.45, 7) is 3.16. The van der Waals surface area contributed by atoms with Crippen LogP contribution in [0.1, 0.15) is 49.6 Å². The number of aliphatic hydroxyl groups excluding tert-OH is 1. The van der Waals surface area contributed by atoms with Gasteiger partial charge in [0.25, 0.3) is 5.92 Å². The third-order valence-electron chi connectivity index (χ3n) is 8.52. The summed E-state index contributed by atoms with van der Waals surface area (Å²) in [5.74, 6) is -5.65. The van der Waals surface area contributed by atoms with Crippen molar-refractivity contribution in [2.45, 2.75) is 57.2 Å². The number of H-pyrrole nitrogens is 1. The number of piperidine rings is 1. The molecule has 3 heterocycles. The van der Waals surface area contributed by atoms with Gasteiger partial charge in [-0.1, -0.05) is 6.92 Å². The van der Waals surface area contributed by atoms with Crippen LogP contribution in [0, 0.1) is 23.4 Å². The maximum Gasteiger partial charge on any atom is 0.283 e. The van der Waals surface area contributed by atoms with Crippen LogP contribution in [0.2, 0.25) is 0 Å². The van der Waals surface area contributed by atoms with E-state index in [-0.39, 0.29) is 24.3 Å². The molecular formula is C30H36F6N4O. The number of hydrogen-bond acceptors (Lipinski definition) is 4. The fourth-order valence-corrected chi connectivity index (χ4v) is 6.49. The number of hydrogen-bond donors (Lipinski definition) is 3. The molecule has 2 aliphatic heterocycles. The van der Waals surface area contributed by atoms with Crippen LogP contribution >= 0.6 is 0 Å². The lowest BCUT2D eigenvalue weighted by Crippen LogP contribution is -2.49. The second-order valence-corrected chi connectivity index (χ2v) is 11.6. The number of halogens is 6. The monoisotopic (exact) mass is 582 g/mol. The summed E-state index contributed by atoms with van der Waals surface area (Å²) in [4.78, 5) is 6.53. The minimum Gasteiger partial charge on any atom is -0.390 e. The Bertz CT molecular complexity index is 1360. The average molecular weight is 583 g/mol. The van der Waals surface area contributed by atoms with E-state index in [1.807, 2.05) is 6.92 Å². The van der Waals surface area contributed by atoms with Crippen molar-refractivity contribution < 1.29 is 31.4 Å². The molecule has 1 saturated heterocycles. The van der Waals surface area contributed by atoms with Crippen LogP contribution in [-0.2, 0) is 6.42 Å². The second kappa shape index (κ2) is 11.9. The van der Waals surface area contributed by atoms with Gasteiger partial charge in [-0.05, 0) is 68.0 Å². The minimum absolute atomic E-state index is 0.0501. The van der Waals surface area contributed by atoms with Crippen LogP contribution < -0.4 is 5.32 Å². The van der Waals surface area contributed by atoms with E-state index in [2.05, 4.69) is 15.2 Å². The molecular weight excluding hydrogens is 546 g/mol. The van der Waals surface area contributed by atoms with Crippen LogP contribution in [0.3, 0.4) is 0 Å². The standard InChI is InChI=1S/C30H36F6N4O/c1-17-14-39(8-3-7-31)9-6-25(17)37-20-12-23(33)27(24(34)13-20)29-28-22(21-5-4-19(32)11-26(21)38-28)10-18(2)40(29)15-30(35,36)16-41/h4-5,11-13,17-18,25,29,37-38,41H,3,6-10,14-16H2,1-2H3/t17?,18-,25+,29-/m1/s1. The number of aliphatic hydroxyl groups is 1. The zero-order valence-electron chi connectivity index (χ0n) is 23.2. The predicted molar refractivity (Wildman–Crippen MR) is 147 cm³/mol. The van der Waals surface area contributed by atoms with Crippen molar-refractivity contribution in [3.05, 3.63) is 64.6 Å². The molecule has 0 spiro atoms. The first-order valence-electron chi connectivity index (χ1n) is 14.1. The fourth-order valence-electron chi connectivity index (χ4n) is 6.49. The molecule has 1 fully saturated rings. The van der Waals surface area contributed by atoms with Crippen molar-refractivity contribution in [3.8, 4) is 0 Å². The Kier molecular flexibility index (Phi) is 8.59.